The molecule has 0 aromatic carbocycles. The van der Waals surface area contributed by atoms with Crippen LogP contribution in [0.2, 0.25) is 0 Å². The summed E-state index contributed by atoms with van der Waals surface area (Å²) in [5.41, 5.74) is 6.52. The molecule has 3 N–H and O–H groups in total. The number of rotatable bonds is 5. The Morgan fingerprint density at radius 3 is 2.59 bits per heavy atom. The third-order valence-corrected chi connectivity index (χ3v) is 6.56. The summed E-state index contributed by atoms with van der Waals surface area (Å²) in [6, 6.07) is 2.91. The number of carbonyl (C=O) groups excluding carboxylic acids is 1. The quantitative estimate of drug-likeness (QED) is 0.761. The van der Waals surface area contributed by atoms with Crippen LogP contribution in [0.15, 0.2) is 29.4 Å². The van der Waals surface area contributed by atoms with Crippen molar-refractivity contribution in [1.29, 1.82) is 0 Å². The molecule has 8 nitrogen and oxygen atoms in total. The summed E-state index contributed by atoms with van der Waals surface area (Å²) < 4.78 is 27.4. The van der Waals surface area contributed by atoms with E-state index in [2.05, 4.69) is 9.97 Å². The van der Waals surface area contributed by atoms with E-state index in [1.54, 1.807) is 23.2 Å². The highest BCUT2D eigenvalue weighted by molar-refractivity contribution is 7.89. The highest BCUT2D eigenvalue weighted by atomic mass is 35.5. The molecule has 0 aliphatic carbocycles. The molecular formula is C17H26ClN5O3S. The molecule has 27 heavy (non-hydrogen) atoms. The van der Waals surface area contributed by atoms with Crippen molar-refractivity contribution < 1.29 is 13.2 Å². The van der Waals surface area contributed by atoms with E-state index in [1.165, 1.54) is 10.5 Å². The molecule has 1 aliphatic rings. The van der Waals surface area contributed by atoms with E-state index in [9.17, 15) is 13.2 Å². The lowest BCUT2D eigenvalue weighted by molar-refractivity contribution is -0.134. The number of H-pyrrole nitrogens is 1. The number of nitrogens with one attached hydrogen (secondary N) is 1. The number of hydrogen-bond acceptors (Lipinski definition) is 5. The average Bonchev–Trinajstić information content (AvgIpc) is 3.05. The Kier molecular flexibility index (Phi) is 6.85. The minimum absolute atomic E-state index is 0. The van der Waals surface area contributed by atoms with Crippen LogP contribution in [0.4, 0.5) is 0 Å². The molecule has 150 valence electrons. The number of fused-ring (bicyclic) bond motifs is 1. The number of carbonyl (C=O) groups is 1. The van der Waals surface area contributed by atoms with Gasteiger partial charge in [0, 0.05) is 44.0 Å². The summed E-state index contributed by atoms with van der Waals surface area (Å²) in [5.74, 6) is 0.234. The summed E-state index contributed by atoms with van der Waals surface area (Å²) in [6.07, 6.45) is 3.71. The predicted octanol–water partition coefficient (Wildman–Crippen LogP) is 1.19. The van der Waals surface area contributed by atoms with Gasteiger partial charge < -0.3 is 15.6 Å². The predicted molar refractivity (Wildman–Crippen MR) is 106 cm³/mol. The van der Waals surface area contributed by atoms with E-state index in [-0.39, 0.29) is 36.3 Å². The van der Waals surface area contributed by atoms with Crippen LogP contribution in [0.3, 0.4) is 0 Å². The van der Waals surface area contributed by atoms with Gasteiger partial charge in [-0.3, -0.25) is 4.79 Å². The van der Waals surface area contributed by atoms with Crippen LogP contribution < -0.4 is 5.73 Å². The van der Waals surface area contributed by atoms with Gasteiger partial charge in [0.1, 0.15) is 10.5 Å². The topological polar surface area (TPSA) is 112 Å². The van der Waals surface area contributed by atoms with Crippen molar-refractivity contribution in [3.05, 3.63) is 24.5 Å². The van der Waals surface area contributed by atoms with Crippen LogP contribution in [0, 0.1) is 5.92 Å². The Morgan fingerprint density at radius 2 is 1.96 bits per heavy atom. The van der Waals surface area contributed by atoms with Crippen LogP contribution in [0.1, 0.15) is 20.3 Å². The van der Waals surface area contributed by atoms with E-state index in [0.29, 0.717) is 36.5 Å². The highest BCUT2D eigenvalue weighted by Crippen LogP contribution is 2.25. The van der Waals surface area contributed by atoms with Crippen molar-refractivity contribution in [2.24, 2.45) is 11.7 Å². The minimum Gasteiger partial charge on any atom is -0.345 e. The number of pyridine rings is 1. The molecule has 3 rings (SSSR count). The van der Waals surface area contributed by atoms with E-state index in [4.69, 9.17) is 5.73 Å². The van der Waals surface area contributed by atoms with Gasteiger partial charge in [-0.2, -0.15) is 4.31 Å². The number of aromatic nitrogens is 2. The van der Waals surface area contributed by atoms with Gasteiger partial charge in [-0.25, -0.2) is 13.4 Å². The first kappa shape index (κ1) is 21.6. The molecule has 1 atom stereocenters. The third kappa shape index (κ3) is 4.43. The van der Waals surface area contributed by atoms with Crippen LogP contribution in [-0.2, 0) is 14.8 Å². The van der Waals surface area contributed by atoms with Gasteiger partial charge in [-0.05, 0) is 24.5 Å². The summed E-state index contributed by atoms with van der Waals surface area (Å²) >= 11 is 0. The van der Waals surface area contributed by atoms with E-state index < -0.39 is 16.1 Å². The Balaban J connectivity index is 0.00000261. The molecule has 2 aromatic heterocycles. The van der Waals surface area contributed by atoms with Gasteiger partial charge in [-0.1, -0.05) is 13.8 Å². The number of nitrogens with zero attached hydrogens (tertiary/aromatic N) is 3. The summed E-state index contributed by atoms with van der Waals surface area (Å²) in [6.45, 7) is 5.27. The molecule has 0 radical (unpaired) electrons. The molecule has 0 saturated carbocycles. The fraction of sp³-hybridized carbons (Fsp3) is 0.529. The molecule has 2 aromatic rings. The number of sulfonamides is 1. The van der Waals surface area contributed by atoms with E-state index >= 15 is 0 Å². The normalized spacial score (nSPS) is 17.1. The summed E-state index contributed by atoms with van der Waals surface area (Å²) in [5, 5.41) is 0.574. The SMILES string of the molecule is CC(C)C[C@H](N)C(=O)N1CCN(S(=O)(=O)c2c[nH]c3ncccc23)CC1.Cl. The van der Waals surface area contributed by atoms with Crippen molar-refractivity contribution in [2.75, 3.05) is 26.2 Å². The maximum absolute atomic E-state index is 13.0. The first-order chi connectivity index (χ1) is 12.3. The molecule has 0 spiro atoms. The lowest BCUT2D eigenvalue weighted by Crippen LogP contribution is -2.54. The van der Waals surface area contributed by atoms with Crippen LogP contribution >= 0.6 is 12.4 Å². The van der Waals surface area contributed by atoms with Crippen molar-refractivity contribution in [3.63, 3.8) is 0 Å². The lowest BCUT2D eigenvalue weighted by Gasteiger charge is -2.35. The average molecular weight is 416 g/mol. The first-order valence-electron chi connectivity index (χ1n) is 8.77. The molecule has 3 heterocycles. The van der Waals surface area contributed by atoms with Crippen molar-refractivity contribution >= 4 is 39.4 Å². The summed E-state index contributed by atoms with van der Waals surface area (Å²) in [7, 11) is -3.64. The molecular weight excluding hydrogens is 390 g/mol. The van der Waals surface area contributed by atoms with Gasteiger partial charge in [0.2, 0.25) is 15.9 Å². The van der Waals surface area contributed by atoms with Crippen molar-refractivity contribution in [3.8, 4) is 0 Å². The van der Waals surface area contributed by atoms with E-state index in [1.807, 2.05) is 13.8 Å². The van der Waals surface area contributed by atoms with Gasteiger partial charge in [0.15, 0.2) is 0 Å². The standard InChI is InChI=1S/C17H25N5O3S.ClH/c1-12(2)10-14(18)17(23)21-6-8-22(9-7-21)26(24,25)15-11-20-16-13(15)4-3-5-19-16;/h3-5,11-12,14H,6-10,18H2,1-2H3,(H,19,20);1H/t14-;/m0./s1. The maximum Gasteiger partial charge on any atom is 0.245 e. The van der Waals surface area contributed by atoms with Crippen molar-refractivity contribution in [2.45, 2.75) is 31.2 Å². The number of hydrogen-bond donors (Lipinski definition) is 2. The first-order valence-corrected chi connectivity index (χ1v) is 10.2. The molecule has 1 aliphatic heterocycles. The maximum atomic E-state index is 13.0. The number of halogens is 1. The van der Waals surface area contributed by atoms with Crippen LogP contribution in [0.25, 0.3) is 11.0 Å². The number of aromatic amines is 1. The monoisotopic (exact) mass is 415 g/mol. The largest absolute Gasteiger partial charge is 0.345 e. The fourth-order valence-corrected chi connectivity index (χ4v) is 4.85. The molecule has 1 amide bonds. The van der Waals surface area contributed by atoms with Gasteiger partial charge in [0.05, 0.1) is 6.04 Å². The third-order valence-electron chi connectivity index (χ3n) is 4.62. The Morgan fingerprint density at radius 1 is 1.30 bits per heavy atom. The zero-order chi connectivity index (χ0) is 18.9. The second-order valence-corrected chi connectivity index (χ2v) is 8.92. The van der Waals surface area contributed by atoms with Gasteiger partial charge in [0.25, 0.3) is 0 Å². The zero-order valence-electron chi connectivity index (χ0n) is 15.5. The second-order valence-electron chi connectivity index (χ2n) is 7.02. The zero-order valence-corrected chi connectivity index (χ0v) is 17.1. The molecule has 10 heteroatoms. The molecule has 0 bridgehead atoms. The van der Waals surface area contributed by atoms with Gasteiger partial charge in [-0.15, -0.1) is 12.4 Å². The van der Waals surface area contributed by atoms with E-state index in [0.717, 1.165) is 0 Å². The lowest BCUT2D eigenvalue weighted by atomic mass is 10.0. The Hall–Kier alpha value is -1.68. The minimum atomic E-state index is -3.64. The van der Waals surface area contributed by atoms with Crippen LogP contribution in [-0.4, -0.2) is 65.7 Å². The van der Waals surface area contributed by atoms with Gasteiger partial charge >= 0.3 is 0 Å². The second kappa shape index (κ2) is 8.55. The Bertz CT molecular complexity index is 891. The highest BCUT2D eigenvalue weighted by Gasteiger charge is 2.33. The number of nitrogens with two attached hydrogens (primary N) is 1. The molecule has 1 fully saturated rings. The molecule has 1 saturated heterocycles. The van der Waals surface area contributed by atoms with Crippen LogP contribution in [0.5, 0.6) is 0 Å². The Labute approximate surface area is 165 Å². The number of amides is 1. The van der Waals surface area contributed by atoms with Crippen molar-refractivity contribution in [1.82, 2.24) is 19.2 Å². The number of piperazine rings is 1. The smallest absolute Gasteiger partial charge is 0.245 e. The fourth-order valence-electron chi connectivity index (χ4n) is 3.28. The molecule has 0 unspecified atom stereocenters. The summed E-state index contributed by atoms with van der Waals surface area (Å²) in [4.78, 5) is 21.3.